The minimum Gasteiger partial charge on any atom is -0.396 e. The number of benzene rings is 1. The van der Waals surface area contributed by atoms with Gasteiger partial charge in [-0.15, -0.1) is 0 Å². The van der Waals surface area contributed by atoms with Gasteiger partial charge in [-0.3, -0.25) is 10.1 Å². The molecule has 0 fully saturated rings. The first kappa shape index (κ1) is 17.5. The standard InChI is InChI=1S/C12H17FN2O5S/c1-9(2)14(6-3-7-16)21(19,20)12-8-10(15(17)18)4-5-11(12)13/h4-5,8-9,16H,3,6-7H2,1-2H3. The largest absolute Gasteiger partial charge is 0.396 e. The molecule has 0 saturated carbocycles. The molecule has 0 aliphatic rings. The highest BCUT2D eigenvalue weighted by atomic mass is 32.2. The van der Waals surface area contributed by atoms with Gasteiger partial charge in [-0.1, -0.05) is 0 Å². The van der Waals surface area contributed by atoms with Crippen LogP contribution in [0.1, 0.15) is 20.3 Å². The summed E-state index contributed by atoms with van der Waals surface area (Å²) in [5.74, 6) is -1.05. The van der Waals surface area contributed by atoms with Crippen molar-refractivity contribution in [3.63, 3.8) is 0 Å². The summed E-state index contributed by atoms with van der Waals surface area (Å²) >= 11 is 0. The van der Waals surface area contributed by atoms with Crippen molar-refractivity contribution in [2.45, 2.75) is 31.2 Å². The minimum absolute atomic E-state index is 0.00136. The molecule has 21 heavy (non-hydrogen) atoms. The van der Waals surface area contributed by atoms with Crippen LogP contribution in [0.4, 0.5) is 10.1 Å². The summed E-state index contributed by atoms with van der Waals surface area (Å²) in [5.41, 5.74) is -0.499. The second-order valence-electron chi connectivity index (χ2n) is 4.66. The van der Waals surface area contributed by atoms with Crippen LogP contribution >= 0.6 is 0 Å². The van der Waals surface area contributed by atoms with E-state index >= 15 is 0 Å². The van der Waals surface area contributed by atoms with Crippen LogP contribution in [0.2, 0.25) is 0 Å². The molecule has 0 bridgehead atoms. The summed E-state index contributed by atoms with van der Waals surface area (Å²) in [7, 11) is -4.22. The fourth-order valence-corrected chi connectivity index (χ4v) is 3.57. The number of nitro benzene ring substituents is 1. The lowest BCUT2D eigenvalue weighted by molar-refractivity contribution is -0.385. The first-order valence-electron chi connectivity index (χ1n) is 6.28. The van der Waals surface area contributed by atoms with E-state index in [1.54, 1.807) is 13.8 Å². The van der Waals surface area contributed by atoms with Gasteiger partial charge in [-0.2, -0.15) is 4.31 Å². The number of hydrogen-bond acceptors (Lipinski definition) is 5. The number of aliphatic hydroxyl groups is 1. The van der Waals surface area contributed by atoms with Crippen molar-refractivity contribution in [3.05, 3.63) is 34.1 Å². The molecule has 0 radical (unpaired) electrons. The summed E-state index contributed by atoms with van der Waals surface area (Å²) in [6, 6.07) is 1.90. The highest BCUT2D eigenvalue weighted by molar-refractivity contribution is 7.89. The zero-order valence-electron chi connectivity index (χ0n) is 11.7. The Morgan fingerprint density at radius 3 is 2.52 bits per heavy atom. The smallest absolute Gasteiger partial charge is 0.270 e. The van der Waals surface area contributed by atoms with Crippen LogP contribution in [-0.4, -0.2) is 41.9 Å². The molecule has 7 nitrogen and oxygen atoms in total. The van der Waals surface area contributed by atoms with Crippen LogP contribution in [0, 0.1) is 15.9 Å². The highest BCUT2D eigenvalue weighted by Crippen LogP contribution is 2.25. The van der Waals surface area contributed by atoms with Crippen molar-refractivity contribution >= 4 is 15.7 Å². The molecule has 0 aliphatic carbocycles. The lowest BCUT2D eigenvalue weighted by atomic mass is 10.3. The van der Waals surface area contributed by atoms with Gasteiger partial charge >= 0.3 is 0 Å². The van der Waals surface area contributed by atoms with Crippen LogP contribution < -0.4 is 0 Å². The molecule has 0 aromatic heterocycles. The van der Waals surface area contributed by atoms with Gasteiger partial charge in [0.05, 0.1) is 4.92 Å². The fraction of sp³-hybridized carbons (Fsp3) is 0.500. The molecule has 118 valence electrons. The number of rotatable bonds is 7. The fourth-order valence-electron chi connectivity index (χ4n) is 1.81. The van der Waals surface area contributed by atoms with Crippen LogP contribution in [0.15, 0.2) is 23.1 Å². The molecule has 9 heteroatoms. The molecule has 0 atom stereocenters. The molecule has 0 saturated heterocycles. The van der Waals surface area contributed by atoms with Gasteiger partial charge in [-0.25, -0.2) is 12.8 Å². The summed E-state index contributed by atoms with van der Waals surface area (Å²) in [6.07, 6.45) is 0.188. The number of hydrogen-bond donors (Lipinski definition) is 1. The third kappa shape index (κ3) is 3.96. The molecule has 0 amide bonds. The molecule has 0 aliphatic heterocycles. The predicted molar refractivity (Wildman–Crippen MR) is 73.8 cm³/mol. The normalized spacial score (nSPS) is 12.1. The van der Waals surface area contributed by atoms with Gasteiger partial charge in [0, 0.05) is 31.3 Å². The average molecular weight is 320 g/mol. The number of non-ortho nitro benzene ring substituents is 1. The average Bonchev–Trinajstić information content (AvgIpc) is 2.38. The van der Waals surface area contributed by atoms with Crippen LogP contribution in [0.3, 0.4) is 0 Å². The third-order valence-corrected chi connectivity index (χ3v) is 4.92. The van der Waals surface area contributed by atoms with E-state index in [0.717, 1.165) is 16.4 Å². The summed E-state index contributed by atoms with van der Waals surface area (Å²) in [5, 5.41) is 19.5. The van der Waals surface area contributed by atoms with Gasteiger partial charge in [0.15, 0.2) is 0 Å². The predicted octanol–water partition coefficient (Wildman–Crippen LogP) is 1.52. The van der Waals surface area contributed by atoms with E-state index in [1.807, 2.05) is 0 Å². The maximum atomic E-state index is 13.8. The molecule has 1 aromatic carbocycles. The topological polar surface area (TPSA) is 101 Å². The molecule has 1 aromatic rings. The Hall–Kier alpha value is -1.58. The molecule has 0 heterocycles. The van der Waals surface area contributed by atoms with E-state index in [0.29, 0.717) is 6.07 Å². The molecule has 0 spiro atoms. The minimum atomic E-state index is -4.22. The van der Waals surface area contributed by atoms with Crippen LogP contribution in [-0.2, 0) is 10.0 Å². The van der Waals surface area contributed by atoms with E-state index in [-0.39, 0.29) is 19.6 Å². The number of nitro groups is 1. The maximum Gasteiger partial charge on any atom is 0.270 e. The van der Waals surface area contributed by atoms with Crippen molar-refractivity contribution in [1.29, 1.82) is 0 Å². The molecule has 0 unspecified atom stereocenters. The Morgan fingerprint density at radius 1 is 1.43 bits per heavy atom. The number of nitrogens with zero attached hydrogens (tertiary/aromatic N) is 2. The molecule has 1 rings (SSSR count). The number of aliphatic hydroxyl groups excluding tert-OH is 1. The zero-order chi connectivity index (χ0) is 16.2. The zero-order valence-corrected chi connectivity index (χ0v) is 12.5. The Kier molecular flexibility index (Phi) is 5.76. The van der Waals surface area contributed by atoms with Gasteiger partial charge in [-0.05, 0) is 26.3 Å². The lowest BCUT2D eigenvalue weighted by Gasteiger charge is -2.25. The van der Waals surface area contributed by atoms with E-state index in [9.17, 15) is 22.9 Å². The second kappa shape index (κ2) is 6.92. The van der Waals surface area contributed by atoms with Crippen molar-refractivity contribution in [2.24, 2.45) is 0 Å². The number of sulfonamides is 1. The van der Waals surface area contributed by atoms with Gasteiger partial charge in [0.1, 0.15) is 10.7 Å². The Balaban J connectivity index is 3.33. The second-order valence-corrected chi connectivity index (χ2v) is 6.52. The first-order chi connectivity index (χ1) is 9.71. The lowest BCUT2D eigenvalue weighted by Crippen LogP contribution is -2.38. The quantitative estimate of drug-likeness (QED) is 0.606. The van der Waals surface area contributed by atoms with E-state index in [4.69, 9.17) is 5.11 Å². The van der Waals surface area contributed by atoms with Gasteiger partial charge < -0.3 is 5.11 Å². The summed E-state index contributed by atoms with van der Waals surface area (Å²) < 4.78 is 39.7. The van der Waals surface area contributed by atoms with Crippen LogP contribution in [0.25, 0.3) is 0 Å². The molecular formula is C12H17FN2O5S. The van der Waals surface area contributed by atoms with E-state index < -0.39 is 37.4 Å². The Labute approximate surface area is 122 Å². The SMILES string of the molecule is CC(C)N(CCCO)S(=O)(=O)c1cc([N+](=O)[O-])ccc1F. The Morgan fingerprint density at radius 2 is 2.05 bits per heavy atom. The monoisotopic (exact) mass is 320 g/mol. The van der Waals surface area contributed by atoms with Crippen LogP contribution in [0.5, 0.6) is 0 Å². The van der Waals surface area contributed by atoms with Crippen molar-refractivity contribution in [3.8, 4) is 0 Å². The Bertz CT molecular complexity index is 618. The number of halogens is 1. The summed E-state index contributed by atoms with van der Waals surface area (Å²) in [6.45, 7) is 2.99. The maximum absolute atomic E-state index is 13.8. The van der Waals surface area contributed by atoms with E-state index in [1.165, 1.54) is 0 Å². The van der Waals surface area contributed by atoms with Crippen molar-refractivity contribution in [2.75, 3.05) is 13.2 Å². The van der Waals surface area contributed by atoms with Gasteiger partial charge in [0.2, 0.25) is 10.0 Å². The molecular weight excluding hydrogens is 303 g/mol. The van der Waals surface area contributed by atoms with Gasteiger partial charge in [0.25, 0.3) is 5.69 Å². The highest BCUT2D eigenvalue weighted by Gasteiger charge is 2.30. The first-order valence-corrected chi connectivity index (χ1v) is 7.72. The van der Waals surface area contributed by atoms with E-state index in [2.05, 4.69) is 0 Å². The third-order valence-electron chi connectivity index (χ3n) is 2.82. The van der Waals surface area contributed by atoms with Crippen molar-refractivity contribution in [1.82, 2.24) is 4.31 Å². The molecule has 1 N–H and O–H groups in total. The summed E-state index contributed by atoms with van der Waals surface area (Å²) in [4.78, 5) is 9.19. The van der Waals surface area contributed by atoms with Crippen molar-refractivity contribution < 1.29 is 22.8 Å².